The van der Waals surface area contributed by atoms with Gasteiger partial charge in [-0.3, -0.25) is 4.68 Å². The van der Waals surface area contributed by atoms with E-state index in [1.54, 1.807) is 19.4 Å². The zero-order chi connectivity index (χ0) is 24.7. The van der Waals surface area contributed by atoms with Gasteiger partial charge in [0.2, 0.25) is 5.75 Å². The second kappa shape index (κ2) is 9.68. The van der Waals surface area contributed by atoms with Gasteiger partial charge >= 0.3 is 0 Å². The van der Waals surface area contributed by atoms with E-state index in [4.69, 9.17) is 38.1 Å². The van der Waals surface area contributed by atoms with Crippen LogP contribution in [0.1, 0.15) is 44.4 Å². The lowest BCUT2D eigenvalue weighted by Gasteiger charge is -2.31. The molecule has 2 N–H and O–H groups in total. The van der Waals surface area contributed by atoms with Crippen LogP contribution in [0.3, 0.4) is 0 Å². The third kappa shape index (κ3) is 4.46. The molecule has 4 aromatic rings. The molecular formula is C25H26Cl2FN5O2. The van der Waals surface area contributed by atoms with Crippen molar-refractivity contribution in [2.45, 2.75) is 38.8 Å². The van der Waals surface area contributed by atoms with Gasteiger partial charge in [-0.15, -0.1) is 0 Å². The Morgan fingerprint density at radius 3 is 2.77 bits per heavy atom. The molecule has 5 rings (SSSR count). The fourth-order valence-electron chi connectivity index (χ4n) is 4.65. The van der Waals surface area contributed by atoms with E-state index in [0.29, 0.717) is 22.2 Å². The van der Waals surface area contributed by atoms with Crippen molar-refractivity contribution < 1.29 is 13.5 Å². The van der Waals surface area contributed by atoms with Crippen molar-refractivity contribution in [3.63, 3.8) is 0 Å². The third-order valence-electron chi connectivity index (χ3n) is 6.67. The molecule has 35 heavy (non-hydrogen) atoms. The highest BCUT2D eigenvalue weighted by molar-refractivity contribution is 6.36. The van der Waals surface area contributed by atoms with Crippen LogP contribution >= 0.6 is 23.2 Å². The summed E-state index contributed by atoms with van der Waals surface area (Å²) < 4.78 is 28.1. The van der Waals surface area contributed by atoms with Crippen LogP contribution < -0.4 is 10.5 Å². The van der Waals surface area contributed by atoms with Crippen molar-refractivity contribution in [3.05, 3.63) is 58.4 Å². The highest BCUT2D eigenvalue weighted by Crippen LogP contribution is 2.41. The first kappa shape index (κ1) is 23.9. The maximum absolute atomic E-state index is 14.0. The zero-order valence-corrected chi connectivity index (χ0v) is 21.0. The first-order valence-electron chi connectivity index (χ1n) is 11.6. The highest BCUT2D eigenvalue weighted by Gasteiger charge is 2.24. The molecule has 184 valence electrons. The second-order valence-electron chi connectivity index (χ2n) is 8.76. The Bertz CT molecular complexity index is 1360. The van der Waals surface area contributed by atoms with Crippen LogP contribution in [0.5, 0.6) is 5.75 Å². The number of nitrogens with two attached hydrogens (primary N) is 1. The second-order valence-corrected chi connectivity index (χ2v) is 9.54. The summed E-state index contributed by atoms with van der Waals surface area (Å²) in [4.78, 5) is 6.76. The minimum absolute atomic E-state index is 0.0963. The third-order valence-corrected chi connectivity index (χ3v) is 7.39. The average molecular weight is 518 g/mol. The quantitative estimate of drug-likeness (QED) is 0.293. The lowest BCUT2D eigenvalue weighted by Crippen LogP contribution is -2.34. The molecule has 7 nitrogen and oxygen atoms in total. The number of benzene rings is 1. The smallest absolute Gasteiger partial charge is 0.205 e. The summed E-state index contributed by atoms with van der Waals surface area (Å²) in [6, 6.07) is 3.03. The number of halogens is 3. The van der Waals surface area contributed by atoms with Crippen molar-refractivity contribution in [3.8, 4) is 16.9 Å². The van der Waals surface area contributed by atoms with Crippen molar-refractivity contribution in [1.29, 1.82) is 0 Å². The number of hydrogen-bond donors (Lipinski definition) is 1. The van der Waals surface area contributed by atoms with Gasteiger partial charge in [-0.2, -0.15) is 5.10 Å². The summed E-state index contributed by atoms with van der Waals surface area (Å²) in [5, 5.41) is 5.55. The zero-order valence-electron chi connectivity index (χ0n) is 19.5. The Morgan fingerprint density at radius 1 is 1.26 bits per heavy atom. The van der Waals surface area contributed by atoms with E-state index in [9.17, 15) is 4.39 Å². The minimum Gasteiger partial charge on any atom is -0.478 e. The number of piperidine rings is 1. The fraction of sp³-hybridized carbons (Fsp3) is 0.360. The van der Waals surface area contributed by atoms with E-state index in [-0.39, 0.29) is 16.6 Å². The number of likely N-dealkylation sites (tertiary alicyclic amines) is 1. The number of anilines is 1. The van der Waals surface area contributed by atoms with E-state index >= 15 is 0 Å². The Labute approximate surface area is 212 Å². The number of furan rings is 1. The summed E-state index contributed by atoms with van der Waals surface area (Å²) in [7, 11) is 0. The molecule has 1 atom stereocenters. The lowest BCUT2D eigenvalue weighted by molar-refractivity contribution is 0.187. The summed E-state index contributed by atoms with van der Waals surface area (Å²) >= 11 is 12.4. The minimum atomic E-state index is -0.703. The number of aromatic nitrogens is 3. The fourth-order valence-corrected chi connectivity index (χ4v) is 5.32. The van der Waals surface area contributed by atoms with E-state index in [0.717, 1.165) is 49.0 Å². The van der Waals surface area contributed by atoms with Gasteiger partial charge in [-0.1, -0.05) is 30.1 Å². The van der Waals surface area contributed by atoms with Gasteiger partial charge in [0.25, 0.3) is 0 Å². The molecule has 10 heteroatoms. The standard InChI is InChI=1S/C25H26Cl2FN5O2/c1-3-32-8-6-16(7-9-32)33-12-15(10-31-33)18-13-34-23-17(18)11-30-25(29)24(23)35-14(2)21-19(26)4-5-20(28)22(21)27/h4-5,10-14,16H,3,6-9H2,1-2H3,(H2,29,30)/t14-/m1/s1. The normalized spacial score (nSPS) is 16.1. The van der Waals surface area contributed by atoms with Crippen LogP contribution in [0.25, 0.3) is 22.1 Å². The number of hydrogen-bond acceptors (Lipinski definition) is 6. The topological polar surface area (TPSA) is 82.3 Å². The molecule has 1 aliphatic heterocycles. The van der Waals surface area contributed by atoms with Gasteiger partial charge in [0.1, 0.15) is 18.2 Å². The number of rotatable bonds is 6. The van der Waals surface area contributed by atoms with Gasteiger partial charge in [-0.25, -0.2) is 9.37 Å². The Morgan fingerprint density at radius 2 is 2.03 bits per heavy atom. The van der Waals surface area contributed by atoms with E-state index in [1.807, 2.05) is 17.1 Å². The van der Waals surface area contributed by atoms with Crippen LogP contribution in [-0.4, -0.2) is 39.3 Å². The van der Waals surface area contributed by atoms with Crippen LogP contribution in [-0.2, 0) is 0 Å². The number of pyridine rings is 1. The SMILES string of the molecule is CCN1CCC(n2cc(-c3coc4c(O[C@H](C)c5c(Cl)ccc(F)c5Cl)c(N)ncc34)cn2)CC1. The van der Waals surface area contributed by atoms with Gasteiger partial charge in [0, 0.05) is 47.2 Å². The Kier molecular flexibility index (Phi) is 6.61. The van der Waals surface area contributed by atoms with Crippen molar-refractivity contribution >= 4 is 40.0 Å². The number of ether oxygens (including phenoxy) is 1. The van der Waals surface area contributed by atoms with Crippen LogP contribution in [0.15, 0.2) is 41.4 Å². The Hall–Kier alpha value is -2.81. The molecule has 0 radical (unpaired) electrons. The molecule has 0 aliphatic carbocycles. The molecule has 4 heterocycles. The summed E-state index contributed by atoms with van der Waals surface area (Å²) in [5.74, 6) is -0.187. The molecule has 0 bridgehead atoms. The van der Waals surface area contributed by atoms with Gasteiger partial charge in [0.05, 0.1) is 22.6 Å². The van der Waals surface area contributed by atoms with E-state index < -0.39 is 11.9 Å². The van der Waals surface area contributed by atoms with Crippen LogP contribution in [0.4, 0.5) is 10.2 Å². The molecule has 1 aliphatic rings. The average Bonchev–Trinajstić information content (AvgIpc) is 3.51. The van der Waals surface area contributed by atoms with Gasteiger partial charge in [0.15, 0.2) is 11.4 Å². The number of fused-ring (bicyclic) bond motifs is 1. The maximum atomic E-state index is 14.0. The van der Waals surface area contributed by atoms with Crippen LogP contribution in [0, 0.1) is 5.82 Å². The predicted molar refractivity (Wildman–Crippen MR) is 135 cm³/mol. The molecular weight excluding hydrogens is 492 g/mol. The molecule has 0 saturated carbocycles. The van der Waals surface area contributed by atoms with Crippen molar-refractivity contribution in [1.82, 2.24) is 19.7 Å². The molecule has 1 saturated heterocycles. The van der Waals surface area contributed by atoms with E-state index in [1.165, 1.54) is 12.1 Å². The molecule has 0 unspecified atom stereocenters. The maximum Gasteiger partial charge on any atom is 0.205 e. The Balaban J connectivity index is 1.44. The first-order valence-corrected chi connectivity index (χ1v) is 12.4. The highest BCUT2D eigenvalue weighted by atomic mass is 35.5. The summed E-state index contributed by atoms with van der Waals surface area (Å²) in [5.41, 5.74) is 8.65. The molecule has 0 amide bonds. The van der Waals surface area contributed by atoms with Gasteiger partial charge < -0.3 is 19.8 Å². The van der Waals surface area contributed by atoms with Crippen molar-refractivity contribution in [2.24, 2.45) is 0 Å². The van der Waals surface area contributed by atoms with Crippen molar-refractivity contribution in [2.75, 3.05) is 25.4 Å². The van der Waals surface area contributed by atoms with E-state index in [2.05, 4.69) is 21.9 Å². The predicted octanol–water partition coefficient (Wildman–Crippen LogP) is 6.52. The molecule has 0 spiro atoms. The molecule has 1 fully saturated rings. The first-order chi connectivity index (χ1) is 16.9. The largest absolute Gasteiger partial charge is 0.478 e. The monoisotopic (exact) mass is 517 g/mol. The molecule has 3 aromatic heterocycles. The van der Waals surface area contributed by atoms with Crippen LogP contribution in [0.2, 0.25) is 10.0 Å². The summed E-state index contributed by atoms with van der Waals surface area (Å²) in [6.45, 7) is 7.13. The summed E-state index contributed by atoms with van der Waals surface area (Å²) in [6.07, 6.45) is 8.61. The molecule has 1 aromatic carbocycles. The number of nitrogens with zero attached hydrogens (tertiary/aromatic N) is 4. The van der Waals surface area contributed by atoms with Gasteiger partial charge in [-0.05, 0) is 38.4 Å². The lowest BCUT2D eigenvalue weighted by atomic mass is 10.1. The number of nitrogen functional groups attached to an aromatic ring is 1.